The molecule has 0 saturated heterocycles. The Bertz CT molecular complexity index is 904. The summed E-state index contributed by atoms with van der Waals surface area (Å²) in [6, 6.07) is 13.6. The highest BCUT2D eigenvalue weighted by Gasteiger charge is 2.10. The molecule has 0 aliphatic rings. The lowest BCUT2D eigenvalue weighted by Crippen LogP contribution is -1.96. The molecule has 4 nitrogen and oxygen atoms in total. The van der Waals surface area contributed by atoms with E-state index in [1.165, 1.54) is 17.3 Å². The fourth-order valence-corrected chi connectivity index (χ4v) is 3.61. The highest BCUT2D eigenvalue weighted by molar-refractivity contribution is 7.98. The fraction of sp³-hybridized carbons (Fsp3) is 0.167. The van der Waals surface area contributed by atoms with Crippen LogP contribution in [-0.4, -0.2) is 21.1 Å². The van der Waals surface area contributed by atoms with E-state index in [0.717, 1.165) is 17.0 Å². The fourth-order valence-electron chi connectivity index (χ4n) is 2.12. The van der Waals surface area contributed by atoms with E-state index in [1.54, 1.807) is 17.0 Å². The lowest BCUT2D eigenvalue weighted by molar-refractivity contribution is 0.744. The van der Waals surface area contributed by atoms with E-state index < -0.39 is 0 Å². The van der Waals surface area contributed by atoms with Gasteiger partial charge in [-0.1, -0.05) is 70.9 Å². The molecule has 0 aliphatic carbocycles. The summed E-state index contributed by atoms with van der Waals surface area (Å²) >= 11 is 13.7. The molecule has 0 bridgehead atoms. The van der Waals surface area contributed by atoms with Gasteiger partial charge in [-0.15, -0.1) is 10.2 Å². The summed E-state index contributed by atoms with van der Waals surface area (Å²) in [6.45, 7) is 3.93. The third-order valence-corrected chi connectivity index (χ3v) is 5.09. The summed E-state index contributed by atoms with van der Waals surface area (Å²) in [4.78, 5) is 0. The van der Waals surface area contributed by atoms with Crippen molar-refractivity contribution in [2.75, 3.05) is 0 Å². The maximum absolute atomic E-state index is 6.22. The number of rotatable bonds is 5. The standard InChI is InChI=1S/C18H16Cl2N4S/c1-12-3-5-14(6-4-12)10-21-24-13(2)22-23-18(24)25-11-15-7-8-16(19)9-17(15)20/h3-10H,11H2,1-2H3/b21-10+. The second-order valence-electron chi connectivity index (χ2n) is 5.52. The zero-order chi connectivity index (χ0) is 17.8. The maximum atomic E-state index is 6.22. The third-order valence-electron chi connectivity index (χ3n) is 3.54. The molecule has 0 radical (unpaired) electrons. The number of aryl methyl sites for hydroxylation is 2. The average Bonchev–Trinajstić information content (AvgIpc) is 2.94. The molecule has 1 aromatic heterocycles. The van der Waals surface area contributed by atoms with E-state index in [4.69, 9.17) is 23.2 Å². The topological polar surface area (TPSA) is 43.1 Å². The Hall–Kier alpha value is -1.82. The molecule has 3 aromatic rings. The summed E-state index contributed by atoms with van der Waals surface area (Å²) in [5, 5.41) is 14.8. The predicted molar refractivity (Wildman–Crippen MR) is 105 cm³/mol. The van der Waals surface area contributed by atoms with Crippen molar-refractivity contribution in [2.24, 2.45) is 5.10 Å². The number of halogens is 2. The van der Waals surface area contributed by atoms with Gasteiger partial charge in [0.05, 0.1) is 6.21 Å². The lowest BCUT2D eigenvalue weighted by Gasteiger charge is -2.05. The third kappa shape index (κ3) is 4.63. The minimum Gasteiger partial charge on any atom is -0.192 e. The summed E-state index contributed by atoms with van der Waals surface area (Å²) in [6.07, 6.45) is 1.80. The number of hydrogen-bond donors (Lipinski definition) is 0. The molecule has 3 rings (SSSR count). The Kier molecular flexibility index (Phi) is 5.78. The normalized spacial score (nSPS) is 11.4. The van der Waals surface area contributed by atoms with E-state index in [2.05, 4.69) is 34.4 Å². The van der Waals surface area contributed by atoms with Crippen LogP contribution in [0.5, 0.6) is 0 Å². The molecule has 0 N–H and O–H groups in total. The number of thioether (sulfide) groups is 1. The Labute approximate surface area is 160 Å². The number of benzene rings is 2. The van der Waals surface area contributed by atoms with E-state index in [-0.39, 0.29) is 0 Å². The van der Waals surface area contributed by atoms with E-state index in [9.17, 15) is 0 Å². The zero-order valence-corrected chi connectivity index (χ0v) is 16.1. The molecule has 1 heterocycles. The lowest BCUT2D eigenvalue weighted by atomic mass is 10.2. The Morgan fingerprint density at radius 3 is 2.56 bits per heavy atom. The van der Waals surface area contributed by atoms with Crippen LogP contribution in [-0.2, 0) is 5.75 Å². The van der Waals surface area contributed by atoms with Gasteiger partial charge in [-0.05, 0) is 37.1 Å². The van der Waals surface area contributed by atoms with Gasteiger partial charge in [0, 0.05) is 15.8 Å². The van der Waals surface area contributed by atoms with E-state index in [1.807, 2.05) is 31.2 Å². The molecule has 0 spiro atoms. The molecular formula is C18H16Cl2N4S. The van der Waals surface area contributed by atoms with Crippen molar-refractivity contribution in [1.29, 1.82) is 0 Å². The van der Waals surface area contributed by atoms with Gasteiger partial charge < -0.3 is 0 Å². The molecule has 0 aliphatic heterocycles. The van der Waals surface area contributed by atoms with Crippen molar-refractivity contribution >= 4 is 41.2 Å². The molecule has 0 saturated carbocycles. The minimum atomic E-state index is 0.625. The summed E-state index contributed by atoms with van der Waals surface area (Å²) in [5.41, 5.74) is 3.23. The van der Waals surface area contributed by atoms with Crippen molar-refractivity contribution in [2.45, 2.75) is 24.8 Å². The van der Waals surface area contributed by atoms with Crippen LogP contribution >= 0.6 is 35.0 Å². The molecule has 0 fully saturated rings. The van der Waals surface area contributed by atoms with Crippen LogP contribution in [0, 0.1) is 13.8 Å². The molecule has 0 amide bonds. The van der Waals surface area contributed by atoms with Crippen molar-refractivity contribution in [1.82, 2.24) is 14.9 Å². The molecule has 128 valence electrons. The number of hydrogen-bond acceptors (Lipinski definition) is 4. The van der Waals surface area contributed by atoms with Crippen LogP contribution in [0.3, 0.4) is 0 Å². The number of aromatic nitrogens is 3. The van der Waals surface area contributed by atoms with Gasteiger partial charge >= 0.3 is 0 Å². The highest BCUT2D eigenvalue weighted by atomic mass is 35.5. The maximum Gasteiger partial charge on any atom is 0.212 e. The summed E-state index contributed by atoms with van der Waals surface area (Å²) < 4.78 is 1.73. The van der Waals surface area contributed by atoms with Gasteiger partial charge in [-0.3, -0.25) is 0 Å². The van der Waals surface area contributed by atoms with Gasteiger partial charge in [-0.2, -0.15) is 9.78 Å². The van der Waals surface area contributed by atoms with Gasteiger partial charge in [0.25, 0.3) is 0 Å². The average molecular weight is 391 g/mol. The first kappa shape index (κ1) is 18.0. The SMILES string of the molecule is Cc1ccc(/C=N/n2c(C)nnc2SCc2ccc(Cl)cc2Cl)cc1. The van der Waals surface area contributed by atoms with Crippen LogP contribution in [0.1, 0.15) is 22.5 Å². The first-order valence-corrected chi connectivity index (χ1v) is 9.37. The first-order chi connectivity index (χ1) is 12.0. The van der Waals surface area contributed by atoms with E-state index >= 15 is 0 Å². The Balaban J connectivity index is 1.76. The van der Waals surface area contributed by atoms with Crippen molar-refractivity contribution in [3.63, 3.8) is 0 Å². The second kappa shape index (κ2) is 8.04. The van der Waals surface area contributed by atoms with Crippen LogP contribution in [0.25, 0.3) is 0 Å². The quantitative estimate of drug-likeness (QED) is 0.433. The summed E-state index contributed by atoms with van der Waals surface area (Å²) in [5.74, 6) is 1.39. The second-order valence-corrected chi connectivity index (χ2v) is 7.31. The largest absolute Gasteiger partial charge is 0.212 e. The van der Waals surface area contributed by atoms with Crippen LogP contribution in [0.2, 0.25) is 10.0 Å². The van der Waals surface area contributed by atoms with Crippen molar-refractivity contribution in [3.05, 3.63) is 75.0 Å². The molecular weight excluding hydrogens is 375 g/mol. The first-order valence-electron chi connectivity index (χ1n) is 7.63. The molecule has 2 aromatic carbocycles. The van der Waals surface area contributed by atoms with Gasteiger partial charge in [-0.25, -0.2) is 0 Å². The molecule has 0 unspecified atom stereocenters. The van der Waals surface area contributed by atoms with E-state index in [0.29, 0.717) is 21.0 Å². The summed E-state index contributed by atoms with van der Waals surface area (Å²) in [7, 11) is 0. The molecule has 0 atom stereocenters. The van der Waals surface area contributed by atoms with Crippen molar-refractivity contribution in [3.8, 4) is 0 Å². The van der Waals surface area contributed by atoms with Crippen LogP contribution < -0.4 is 0 Å². The number of nitrogens with zero attached hydrogens (tertiary/aromatic N) is 4. The van der Waals surface area contributed by atoms with Gasteiger partial charge in [0.2, 0.25) is 5.16 Å². The smallest absolute Gasteiger partial charge is 0.192 e. The zero-order valence-electron chi connectivity index (χ0n) is 13.8. The minimum absolute atomic E-state index is 0.625. The molecule has 25 heavy (non-hydrogen) atoms. The van der Waals surface area contributed by atoms with Gasteiger partial charge in [0.15, 0.2) is 5.82 Å². The Morgan fingerprint density at radius 2 is 1.84 bits per heavy atom. The van der Waals surface area contributed by atoms with Gasteiger partial charge in [0.1, 0.15) is 0 Å². The predicted octanol–water partition coefficient (Wildman–Crippen LogP) is 5.38. The highest BCUT2D eigenvalue weighted by Crippen LogP contribution is 2.28. The van der Waals surface area contributed by atoms with Crippen LogP contribution in [0.15, 0.2) is 52.7 Å². The van der Waals surface area contributed by atoms with Crippen molar-refractivity contribution < 1.29 is 0 Å². The Morgan fingerprint density at radius 1 is 1.08 bits per heavy atom. The monoisotopic (exact) mass is 390 g/mol. The molecule has 7 heteroatoms. The van der Waals surface area contributed by atoms with Crippen LogP contribution in [0.4, 0.5) is 0 Å².